The molecule has 0 radical (unpaired) electrons. The average Bonchev–Trinajstić information content (AvgIpc) is 3.48. The Morgan fingerprint density at radius 2 is 1.55 bits per heavy atom. The second-order valence-electron chi connectivity index (χ2n) is 10.9. The first-order valence-corrected chi connectivity index (χ1v) is 15.8. The average molecular weight is 613 g/mol. The van der Waals surface area contributed by atoms with Crippen molar-refractivity contribution < 1.29 is 14.9 Å². The molecule has 230 valence electrons. The maximum atomic E-state index is 9.95. The van der Waals surface area contributed by atoms with Crippen molar-refractivity contribution in [2.24, 2.45) is 10.2 Å². The van der Waals surface area contributed by atoms with Gasteiger partial charge in [0, 0.05) is 29.2 Å². The minimum Gasteiger partial charge on any atom is -0.480 e. The molecule has 3 rings (SSSR count). The van der Waals surface area contributed by atoms with Crippen LogP contribution >= 0.6 is 11.3 Å². The van der Waals surface area contributed by atoms with Crippen LogP contribution < -0.4 is 4.90 Å². The molecule has 0 amide bonds. The number of unbranched alkanes of at least 4 members (excludes halogenated alkanes) is 2. The molecule has 0 saturated heterocycles. The fraction of sp³-hybridized carbons (Fsp3) is 0.441. The van der Waals surface area contributed by atoms with Crippen molar-refractivity contribution in [2.45, 2.75) is 71.8 Å². The van der Waals surface area contributed by atoms with Crippen LogP contribution in [-0.2, 0) is 17.6 Å². The van der Waals surface area contributed by atoms with E-state index in [1.807, 2.05) is 67.3 Å². The van der Waals surface area contributed by atoms with Crippen LogP contribution in [0.15, 0.2) is 63.0 Å². The highest BCUT2D eigenvalue weighted by atomic mass is 32.1. The number of aliphatic hydroxyl groups is 2. The van der Waals surface area contributed by atoms with E-state index in [1.54, 1.807) is 11.3 Å². The predicted molar refractivity (Wildman–Crippen MR) is 174 cm³/mol. The number of ether oxygens (including phenoxy) is 1. The molecular formula is C34H40N6O3S. The Hall–Kier alpha value is -4.27. The molecule has 0 fully saturated rings. The number of anilines is 1. The lowest BCUT2D eigenvalue weighted by molar-refractivity contribution is 0.0954. The molecule has 1 aromatic carbocycles. The van der Waals surface area contributed by atoms with Crippen LogP contribution in [-0.4, -0.2) is 42.1 Å². The summed E-state index contributed by atoms with van der Waals surface area (Å²) in [5, 5.41) is 57.6. The summed E-state index contributed by atoms with van der Waals surface area (Å²) in [5.74, 6) is 0.0273. The molecule has 0 aliphatic carbocycles. The topological polar surface area (TPSA) is 149 Å². The minimum atomic E-state index is -0.889. The van der Waals surface area contributed by atoms with Crippen LogP contribution in [0.5, 0.6) is 0 Å². The number of nitriles is 3. The Balaban J connectivity index is 2.06. The van der Waals surface area contributed by atoms with Crippen LogP contribution in [0.1, 0.15) is 69.4 Å². The highest BCUT2D eigenvalue weighted by molar-refractivity contribution is 7.17. The zero-order valence-corrected chi connectivity index (χ0v) is 26.7. The highest BCUT2D eigenvalue weighted by Crippen LogP contribution is 2.43. The van der Waals surface area contributed by atoms with E-state index in [9.17, 15) is 26.0 Å². The highest BCUT2D eigenvalue weighted by Gasteiger charge is 2.38. The lowest BCUT2D eigenvalue weighted by atomic mass is 9.94. The summed E-state index contributed by atoms with van der Waals surface area (Å²) in [5.41, 5.74) is 3.71. The monoisotopic (exact) mass is 612 g/mol. The van der Waals surface area contributed by atoms with Gasteiger partial charge in [-0.3, -0.25) is 0 Å². The van der Waals surface area contributed by atoms with E-state index in [0.717, 1.165) is 54.1 Å². The lowest BCUT2D eigenvalue weighted by Gasteiger charge is -2.22. The minimum absolute atomic E-state index is 0.00418. The Labute approximate surface area is 264 Å². The van der Waals surface area contributed by atoms with Gasteiger partial charge in [-0.2, -0.15) is 15.8 Å². The SMILES string of the molecule is CCCCc1c(/C=C/C2=C(C#N)C(=C(C#N)C#N)OC2(C)C)sc(N=Nc2ccc(N(CCO)CCO)cc2)c1CCCC. The number of hydrogen-bond acceptors (Lipinski definition) is 10. The van der Waals surface area contributed by atoms with Crippen molar-refractivity contribution in [3.63, 3.8) is 0 Å². The van der Waals surface area contributed by atoms with Crippen molar-refractivity contribution in [3.8, 4) is 18.2 Å². The van der Waals surface area contributed by atoms with Gasteiger partial charge in [0.05, 0.1) is 18.9 Å². The number of allylic oxidation sites excluding steroid dienone is 2. The van der Waals surface area contributed by atoms with E-state index in [2.05, 4.69) is 25.0 Å². The summed E-state index contributed by atoms with van der Waals surface area (Å²) in [7, 11) is 0. The summed E-state index contributed by atoms with van der Waals surface area (Å²) in [6.45, 7) is 8.82. The third kappa shape index (κ3) is 8.21. The van der Waals surface area contributed by atoms with Crippen LogP contribution in [0.4, 0.5) is 16.4 Å². The van der Waals surface area contributed by atoms with Gasteiger partial charge in [0.2, 0.25) is 0 Å². The molecule has 0 unspecified atom stereocenters. The van der Waals surface area contributed by atoms with E-state index in [0.29, 0.717) is 24.4 Å². The third-order valence-electron chi connectivity index (χ3n) is 7.36. The summed E-state index contributed by atoms with van der Waals surface area (Å²) in [6, 6.07) is 13.4. The van der Waals surface area contributed by atoms with Gasteiger partial charge in [0.25, 0.3) is 0 Å². The van der Waals surface area contributed by atoms with E-state index in [4.69, 9.17) is 9.85 Å². The fourth-order valence-electron chi connectivity index (χ4n) is 5.05. The van der Waals surface area contributed by atoms with Crippen LogP contribution in [0.25, 0.3) is 6.08 Å². The summed E-state index contributed by atoms with van der Waals surface area (Å²) in [6.07, 6.45) is 9.77. The van der Waals surface area contributed by atoms with Crippen molar-refractivity contribution in [1.82, 2.24) is 0 Å². The van der Waals surface area contributed by atoms with Crippen LogP contribution in [0.3, 0.4) is 0 Å². The van der Waals surface area contributed by atoms with Gasteiger partial charge in [-0.15, -0.1) is 21.6 Å². The standard InChI is InChI=1S/C34H40N6O3S/c1-5-7-9-27-28(10-8-6-2)33(39-38-25-11-13-26(14-12-25)40(17-19-41)18-20-42)44-31(27)16-15-30-29(23-37)32(24(21-35)22-36)43-34(30,3)4/h11-16,41-42H,5-10,17-20H2,1-4H3/b16-15+,39-38?. The van der Waals surface area contributed by atoms with Crippen molar-refractivity contribution in [2.75, 3.05) is 31.2 Å². The van der Waals surface area contributed by atoms with Gasteiger partial charge in [-0.05, 0) is 81.0 Å². The zero-order valence-electron chi connectivity index (χ0n) is 25.9. The van der Waals surface area contributed by atoms with E-state index in [-0.39, 0.29) is 30.1 Å². The van der Waals surface area contributed by atoms with Crippen molar-refractivity contribution in [1.29, 1.82) is 15.8 Å². The molecule has 10 heteroatoms. The largest absolute Gasteiger partial charge is 0.480 e. The Kier molecular flexibility index (Phi) is 12.9. The molecule has 1 aromatic heterocycles. The van der Waals surface area contributed by atoms with Crippen molar-refractivity contribution in [3.05, 3.63) is 68.8 Å². The summed E-state index contributed by atoms with van der Waals surface area (Å²) in [4.78, 5) is 2.95. The van der Waals surface area contributed by atoms with Crippen LogP contribution in [0, 0.1) is 34.0 Å². The molecule has 0 saturated carbocycles. The van der Waals surface area contributed by atoms with Gasteiger partial charge in [0.15, 0.2) is 11.3 Å². The number of rotatable bonds is 15. The van der Waals surface area contributed by atoms with Gasteiger partial charge >= 0.3 is 0 Å². The third-order valence-corrected chi connectivity index (χ3v) is 8.49. The first-order chi connectivity index (χ1) is 21.3. The fourth-order valence-corrected chi connectivity index (χ4v) is 6.17. The Morgan fingerprint density at radius 1 is 0.932 bits per heavy atom. The van der Waals surface area contributed by atoms with Gasteiger partial charge < -0.3 is 19.8 Å². The second kappa shape index (κ2) is 16.5. The normalized spacial score (nSPS) is 14.1. The Morgan fingerprint density at radius 3 is 2.09 bits per heavy atom. The number of benzene rings is 1. The molecular weight excluding hydrogens is 572 g/mol. The van der Waals surface area contributed by atoms with E-state index < -0.39 is 5.60 Å². The summed E-state index contributed by atoms with van der Waals surface area (Å²) >= 11 is 1.56. The first kappa shape index (κ1) is 34.2. The van der Waals surface area contributed by atoms with Gasteiger partial charge in [-0.25, -0.2) is 0 Å². The molecule has 44 heavy (non-hydrogen) atoms. The predicted octanol–water partition coefficient (Wildman–Crippen LogP) is 7.58. The molecule has 1 aliphatic heterocycles. The molecule has 9 nitrogen and oxygen atoms in total. The first-order valence-electron chi connectivity index (χ1n) is 15.0. The molecule has 2 aromatic rings. The second-order valence-corrected chi connectivity index (χ2v) is 11.9. The maximum absolute atomic E-state index is 9.95. The number of aliphatic hydroxyl groups excluding tert-OH is 2. The maximum Gasteiger partial charge on any atom is 0.172 e. The number of nitrogens with zero attached hydrogens (tertiary/aromatic N) is 6. The van der Waals surface area contributed by atoms with Gasteiger partial charge in [-0.1, -0.05) is 32.8 Å². The van der Waals surface area contributed by atoms with E-state index >= 15 is 0 Å². The summed E-state index contributed by atoms with van der Waals surface area (Å²) < 4.78 is 5.94. The Bertz CT molecular complexity index is 1520. The van der Waals surface area contributed by atoms with Gasteiger partial charge in [0.1, 0.15) is 34.4 Å². The molecule has 0 spiro atoms. The molecule has 1 aliphatic rings. The zero-order chi connectivity index (χ0) is 32.1. The molecule has 0 bridgehead atoms. The number of azo groups is 1. The lowest BCUT2D eigenvalue weighted by Crippen LogP contribution is -2.29. The molecule has 2 N–H and O–H groups in total. The smallest absolute Gasteiger partial charge is 0.172 e. The molecule has 2 heterocycles. The number of thiophene rings is 1. The molecule has 0 atom stereocenters. The van der Waals surface area contributed by atoms with Crippen LogP contribution in [0.2, 0.25) is 0 Å². The quantitative estimate of drug-likeness (QED) is 0.155. The van der Waals surface area contributed by atoms with E-state index in [1.165, 1.54) is 11.1 Å². The number of hydrogen-bond donors (Lipinski definition) is 2. The van der Waals surface area contributed by atoms with Crippen molar-refractivity contribution >= 4 is 33.8 Å².